The van der Waals surface area contributed by atoms with Gasteiger partial charge in [0.2, 0.25) is 0 Å². The fraction of sp³-hybridized carbons (Fsp3) is 0.188. The van der Waals surface area contributed by atoms with E-state index in [2.05, 4.69) is 5.32 Å². The van der Waals surface area contributed by atoms with Crippen LogP contribution in [0.4, 0.5) is 14.5 Å². The van der Waals surface area contributed by atoms with E-state index in [1.54, 1.807) is 12.1 Å². The van der Waals surface area contributed by atoms with Gasteiger partial charge in [-0.15, -0.1) is 0 Å². The number of methoxy groups -OCH3 is 1. The molecular formula is C16H15F2NO3. The second kappa shape index (κ2) is 6.89. The van der Waals surface area contributed by atoms with Crippen LogP contribution in [0.3, 0.4) is 0 Å². The molecule has 6 heteroatoms. The molecule has 0 heterocycles. The number of hydrogen-bond acceptors (Lipinski definition) is 3. The molecule has 0 atom stereocenters. The maximum atomic E-state index is 13.4. The molecule has 0 saturated heterocycles. The first kappa shape index (κ1) is 15.8. The number of hydrogen-bond donors (Lipinski definition) is 1. The number of aryl methyl sites for hydroxylation is 1. The molecule has 0 radical (unpaired) electrons. The standard InChI is InChI=1S/C16H15F2NO3/c1-10-3-6-14(15(7-10)21-2)22-9-16(20)19-13-8-11(17)4-5-12(13)18/h3-8H,9H2,1-2H3,(H,19,20). The second-order valence-electron chi connectivity index (χ2n) is 4.62. The maximum absolute atomic E-state index is 13.4. The summed E-state index contributed by atoms with van der Waals surface area (Å²) in [4.78, 5) is 11.7. The zero-order valence-electron chi connectivity index (χ0n) is 12.2. The third-order valence-electron chi connectivity index (χ3n) is 2.88. The number of carbonyl (C=O) groups excluding carboxylic acids is 1. The highest BCUT2D eigenvalue weighted by Crippen LogP contribution is 2.27. The zero-order valence-corrected chi connectivity index (χ0v) is 12.2. The van der Waals surface area contributed by atoms with Gasteiger partial charge in [0.1, 0.15) is 11.6 Å². The minimum atomic E-state index is -0.720. The number of ether oxygens (including phenoxy) is 2. The molecule has 1 N–H and O–H groups in total. The van der Waals surface area contributed by atoms with Gasteiger partial charge in [0.25, 0.3) is 5.91 Å². The number of nitrogens with one attached hydrogen (secondary N) is 1. The fourth-order valence-corrected chi connectivity index (χ4v) is 1.82. The SMILES string of the molecule is COc1cc(C)ccc1OCC(=O)Nc1cc(F)ccc1F. The maximum Gasteiger partial charge on any atom is 0.262 e. The molecule has 0 aromatic heterocycles. The molecule has 0 aliphatic carbocycles. The Kier molecular flexibility index (Phi) is 4.93. The van der Waals surface area contributed by atoms with Gasteiger partial charge >= 0.3 is 0 Å². The Morgan fingerprint density at radius 2 is 1.91 bits per heavy atom. The van der Waals surface area contributed by atoms with Gasteiger partial charge in [-0.05, 0) is 36.8 Å². The van der Waals surface area contributed by atoms with Crippen molar-refractivity contribution in [3.05, 3.63) is 53.6 Å². The smallest absolute Gasteiger partial charge is 0.262 e. The van der Waals surface area contributed by atoms with Crippen LogP contribution in [-0.2, 0) is 4.79 Å². The van der Waals surface area contributed by atoms with Crippen LogP contribution in [0, 0.1) is 18.6 Å². The molecule has 22 heavy (non-hydrogen) atoms. The van der Waals surface area contributed by atoms with Crippen LogP contribution in [0.1, 0.15) is 5.56 Å². The van der Waals surface area contributed by atoms with Gasteiger partial charge in [-0.1, -0.05) is 6.07 Å². The third-order valence-corrected chi connectivity index (χ3v) is 2.88. The van der Waals surface area contributed by atoms with Crippen molar-refractivity contribution in [2.75, 3.05) is 19.0 Å². The van der Waals surface area contributed by atoms with Crippen LogP contribution in [0.15, 0.2) is 36.4 Å². The lowest BCUT2D eigenvalue weighted by atomic mass is 10.2. The van der Waals surface area contributed by atoms with Crippen molar-refractivity contribution in [3.63, 3.8) is 0 Å². The van der Waals surface area contributed by atoms with Crippen LogP contribution in [0.25, 0.3) is 0 Å². The normalized spacial score (nSPS) is 10.2. The van der Waals surface area contributed by atoms with Gasteiger partial charge in [0, 0.05) is 6.07 Å². The Hall–Kier alpha value is -2.63. The molecule has 2 aromatic rings. The average Bonchev–Trinajstić information content (AvgIpc) is 2.49. The summed E-state index contributed by atoms with van der Waals surface area (Å²) >= 11 is 0. The van der Waals surface area contributed by atoms with Crippen LogP contribution >= 0.6 is 0 Å². The van der Waals surface area contributed by atoms with Crippen molar-refractivity contribution in [2.24, 2.45) is 0 Å². The van der Waals surface area contributed by atoms with Crippen molar-refractivity contribution in [2.45, 2.75) is 6.92 Å². The summed E-state index contributed by atoms with van der Waals surface area (Å²) in [6, 6.07) is 8.05. The minimum Gasteiger partial charge on any atom is -0.493 e. The highest BCUT2D eigenvalue weighted by Gasteiger charge is 2.11. The van der Waals surface area contributed by atoms with Crippen LogP contribution in [0.2, 0.25) is 0 Å². The molecule has 2 aromatic carbocycles. The molecule has 0 fully saturated rings. The topological polar surface area (TPSA) is 47.6 Å². The first-order valence-electron chi connectivity index (χ1n) is 6.52. The van der Waals surface area contributed by atoms with E-state index < -0.39 is 17.5 Å². The van der Waals surface area contributed by atoms with Crippen LogP contribution < -0.4 is 14.8 Å². The summed E-state index contributed by atoms with van der Waals surface area (Å²) < 4.78 is 36.9. The second-order valence-corrected chi connectivity index (χ2v) is 4.62. The van der Waals surface area contributed by atoms with Crippen LogP contribution in [-0.4, -0.2) is 19.6 Å². The molecule has 0 spiro atoms. The highest BCUT2D eigenvalue weighted by atomic mass is 19.1. The number of halogens is 2. The summed E-state index contributed by atoms with van der Waals surface area (Å²) in [5.74, 6) is -1.08. The number of benzene rings is 2. The summed E-state index contributed by atoms with van der Waals surface area (Å²) in [5.41, 5.74) is 0.750. The van der Waals surface area contributed by atoms with Gasteiger partial charge in [0.05, 0.1) is 12.8 Å². The van der Waals surface area contributed by atoms with E-state index in [1.807, 2.05) is 13.0 Å². The van der Waals surface area contributed by atoms with Gasteiger partial charge in [-0.25, -0.2) is 8.78 Å². The van der Waals surface area contributed by atoms with Gasteiger partial charge in [-0.3, -0.25) is 4.79 Å². The highest BCUT2D eigenvalue weighted by molar-refractivity contribution is 5.92. The summed E-state index contributed by atoms with van der Waals surface area (Å²) in [5, 5.41) is 2.25. The third kappa shape index (κ3) is 3.94. The molecule has 116 valence electrons. The van der Waals surface area contributed by atoms with E-state index in [-0.39, 0.29) is 12.3 Å². The van der Waals surface area contributed by atoms with E-state index in [0.29, 0.717) is 11.5 Å². The lowest BCUT2D eigenvalue weighted by molar-refractivity contribution is -0.118. The average molecular weight is 307 g/mol. The molecule has 0 saturated carbocycles. The van der Waals surface area contributed by atoms with Crippen molar-refractivity contribution in [1.29, 1.82) is 0 Å². The number of carbonyl (C=O) groups is 1. The van der Waals surface area contributed by atoms with Gasteiger partial charge in [0.15, 0.2) is 18.1 Å². The lowest BCUT2D eigenvalue weighted by Crippen LogP contribution is -2.21. The van der Waals surface area contributed by atoms with Crippen LogP contribution in [0.5, 0.6) is 11.5 Å². The number of rotatable bonds is 5. The molecule has 2 rings (SSSR count). The fourth-order valence-electron chi connectivity index (χ4n) is 1.82. The van der Waals surface area contributed by atoms with Gasteiger partial charge < -0.3 is 14.8 Å². The predicted molar refractivity (Wildman–Crippen MR) is 78.2 cm³/mol. The number of anilines is 1. The van der Waals surface area contributed by atoms with E-state index in [9.17, 15) is 13.6 Å². The largest absolute Gasteiger partial charge is 0.493 e. The Labute approximate surface area is 126 Å². The molecular weight excluding hydrogens is 292 g/mol. The van der Waals surface area contributed by atoms with Crippen molar-refractivity contribution >= 4 is 11.6 Å². The quantitative estimate of drug-likeness (QED) is 0.922. The van der Waals surface area contributed by atoms with Crippen molar-refractivity contribution in [3.8, 4) is 11.5 Å². The molecule has 0 bridgehead atoms. The Morgan fingerprint density at radius 3 is 2.64 bits per heavy atom. The monoisotopic (exact) mass is 307 g/mol. The first-order chi connectivity index (χ1) is 10.5. The van der Waals surface area contributed by atoms with E-state index in [4.69, 9.17) is 9.47 Å². The predicted octanol–water partition coefficient (Wildman–Crippen LogP) is 3.30. The number of amides is 1. The lowest BCUT2D eigenvalue weighted by Gasteiger charge is -2.11. The first-order valence-corrected chi connectivity index (χ1v) is 6.52. The summed E-state index contributed by atoms with van der Waals surface area (Å²) in [7, 11) is 1.49. The molecule has 1 amide bonds. The van der Waals surface area contributed by atoms with E-state index in [0.717, 1.165) is 23.8 Å². The van der Waals surface area contributed by atoms with Crippen molar-refractivity contribution in [1.82, 2.24) is 0 Å². The van der Waals surface area contributed by atoms with E-state index >= 15 is 0 Å². The molecule has 0 aliphatic heterocycles. The summed E-state index contributed by atoms with van der Waals surface area (Å²) in [6.45, 7) is 1.54. The van der Waals surface area contributed by atoms with Gasteiger partial charge in [-0.2, -0.15) is 0 Å². The molecule has 0 aliphatic rings. The Morgan fingerprint density at radius 1 is 1.14 bits per heavy atom. The minimum absolute atomic E-state index is 0.232. The summed E-state index contributed by atoms with van der Waals surface area (Å²) in [6.07, 6.45) is 0. The molecule has 4 nitrogen and oxygen atoms in total. The van der Waals surface area contributed by atoms with E-state index in [1.165, 1.54) is 7.11 Å². The Bertz CT molecular complexity index is 689. The van der Waals surface area contributed by atoms with Crippen molar-refractivity contribution < 1.29 is 23.0 Å². The molecule has 0 unspecified atom stereocenters. The zero-order chi connectivity index (χ0) is 16.1. The Balaban J connectivity index is 2.00.